The van der Waals surface area contributed by atoms with Crippen LogP contribution in [0.25, 0.3) is 0 Å². The molecule has 21 heavy (non-hydrogen) atoms. The number of nitrogens with zero attached hydrogens (tertiary/aromatic N) is 1. The van der Waals surface area contributed by atoms with Gasteiger partial charge in [-0.2, -0.15) is 0 Å². The number of hydrogen-bond acceptors (Lipinski definition) is 3. The summed E-state index contributed by atoms with van der Waals surface area (Å²) in [7, 11) is 0. The van der Waals surface area contributed by atoms with Gasteiger partial charge in [0.1, 0.15) is 0 Å². The van der Waals surface area contributed by atoms with Crippen molar-refractivity contribution in [1.82, 2.24) is 10.3 Å². The zero-order valence-corrected chi connectivity index (χ0v) is 13.0. The van der Waals surface area contributed by atoms with Crippen LogP contribution in [0.4, 0.5) is 0 Å². The van der Waals surface area contributed by atoms with Gasteiger partial charge in [-0.3, -0.25) is 9.78 Å². The molecule has 0 aliphatic rings. The Morgan fingerprint density at radius 2 is 2.29 bits per heavy atom. The molecule has 0 saturated carbocycles. The number of nitrogens with one attached hydrogen (secondary N) is 1. The van der Waals surface area contributed by atoms with E-state index in [-0.39, 0.29) is 12.5 Å². The fourth-order valence-corrected chi connectivity index (χ4v) is 2.11. The van der Waals surface area contributed by atoms with Crippen molar-refractivity contribution in [3.63, 3.8) is 0 Å². The molecular formula is C17H25N3O. The number of carbonyl (C=O) groups is 1. The van der Waals surface area contributed by atoms with Crippen molar-refractivity contribution < 1.29 is 4.79 Å². The van der Waals surface area contributed by atoms with Gasteiger partial charge in [0.2, 0.25) is 0 Å². The minimum absolute atomic E-state index is 0.0892. The van der Waals surface area contributed by atoms with Gasteiger partial charge < -0.3 is 11.1 Å². The first-order chi connectivity index (χ1) is 10.2. The van der Waals surface area contributed by atoms with Gasteiger partial charge in [0.25, 0.3) is 5.91 Å². The monoisotopic (exact) mass is 287 g/mol. The molecule has 1 aromatic rings. The van der Waals surface area contributed by atoms with Crippen LogP contribution in [0.3, 0.4) is 0 Å². The second-order valence-corrected chi connectivity index (χ2v) is 5.05. The molecule has 1 amide bonds. The molecule has 1 atom stereocenters. The van der Waals surface area contributed by atoms with Crippen LogP contribution in [0.15, 0.2) is 18.5 Å². The molecule has 1 heterocycles. The van der Waals surface area contributed by atoms with Crippen molar-refractivity contribution in [3.05, 3.63) is 29.6 Å². The molecule has 0 aliphatic carbocycles. The van der Waals surface area contributed by atoms with Crippen LogP contribution >= 0.6 is 0 Å². The maximum atomic E-state index is 12.3. The highest BCUT2D eigenvalue weighted by Crippen LogP contribution is 2.12. The number of nitrogens with two attached hydrogens (primary N) is 1. The Morgan fingerprint density at radius 3 is 2.95 bits per heavy atom. The highest BCUT2D eigenvalue weighted by molar-refractivity contribution is 5.96. The maximum absolute atomic E-state index is 12.3. The average molecular weight is 287 g/mol. The van der Waals surface area contributed by atoms with Crippen molar-refractivity contribution in [1.29, 1.82) is 0 Å². The molecule has 0 bridgehead atoms. The molecule has 4 heteroatoms. The van der Waals surface area contributed by atoms with Gasteiger partial charge in [0, 0.05) is 18.9 Å². The molecule has 0 spiro atoms. The SMILES string of the molecule is CCCCC(CC)CNC(=O)c1ccncc1C#CCN. The molecule has 114 valence electrons. The number of unbranched alkanes of at least 4 members (excludes halogenated alkanes) is 1. The Kier molecular flexibility index (Phi) is 8.15. The van der Waals surface area contributed by atoms with E-state index in [1.807, 2.05) is 0 Å². The van der Waals surface area contributed by atoms with Crippen molar-refractivity contribution in [2.45, 2.75) is 39.5 Å². The Balaban J connectivity index is 2.67. The summed E-state index contributed by atoms with van der Waals surface area (Å²) in [6.07, 6.45) is 7.84. The van der Waals surface area contributed by atoms with Crippen molar-refractivity contribution in [2.75, 3.05) is 13.1 Å². The molecule has 1 unspecified atom stereocenters. The van der Waals surface area contributed by atoms with Crippen LogP contribution in [0.5, 0.6) is 0 Å². The third kappa shape index (κ3) is 5.97. The van der Waals surface area contributed by atoms with E-state index in [2.05, 4.69) is 36.0 Å². The van der Waals surface area contributed by atoms with E-state index in [9.17, 15) is 4.79 Å². The van der Waals surface area contributed by atoms with Gasteiger partial charge in [-0.05, 0) is 18.4 Å². The number of rotatable bonds is 7. The molecule has 0 radical (unpaired) electrons. The topological polar surface area (TPSA) is 68.0 Å². The molecule has 4 nitrogen and oxygen atoms in total. The average Bonchev–Trinajstić information content (AvgIpc) is 2.53. The standard InChI is InChI=1S/C17H25N3O/c1-3-5-7-14(4-2)12-20-17(21)16-9-11-19-13-15(16)8-6-10-18/h9,11,13-14H,3-5,7,10,12,18H2,1-2H3,(H,20,21). The van der Waals surface area contributed by atoms with Gasteiger partial charge in [-0.1, -0.05) is 45.0 Å². The van der Waals surface area contributed by atoms with Gasteiger partial charge in [0.15, 0.2) is 0 Å². The molecule has 0 saturated heterocycles. The van der Waals surface area contributed by atoms with Crippen LogP contribution < -0.4 is 11.1 Å². The summed E-state index contributed by atoms with van der Waals surface area (Å²) in [5, 5.41) is 3.01. The minimum Gasteiger partial charge on any atom is -0.352 e. The van der Waals surface area contributed by atoms with Gasteiger partial charge in [-0.25, -0.2) is 0 Å². The normalized spacial score (nSPS) is 11.4. The summed E-state index contributed by atoms with van der Waals surface area (Å²) in [5.74, 6) is 6.10. The van der Waals surface area contributed by atoms with Crippen LogP contribution in [-0.2, 0) is 0 Å². The highest BCUT2D eigenvalue weighted by atomic mass is 16.1. The summed E-state index contributed by atoms with van der Waals surface area (Å²) >= 11 is 0. The first-order valence-electron chi connectivity index (χ1n) is 7.64. The zero-order chi connectivity index (χ0) is 15.5. The number of aromatic nitrogens is 1. The fraction of sp³-hybridized carbons (Fsp3) is 0.529. The van der Waals surface area contributed by atoms with Crippen LogP contribution in [0.1, 0.15) is 55.5 Å². The van der Waals surface area contributed by atoms with Crippen molar-refractivity contribution >= 4 is 5.91 Å². The first-order valence-corrected chi connectivity index (χ1v) is 7.64. The van der Waals surface area contributed by atoms with Gasteiger partial charge in [0.05, 0.1) is 17.7 Å². The number of hydrogen-bond donors (Lipinski definition) is 2. The Bertz CT molecular complexity index is 502. The Hall–Kier alpha value is -1.86. The molecule has 3 N–H and O–H groups in total. The Labute approximate surface area is 127 Å². The smallest absolute Gasteiger partial charge is 0.252 e. The Morgan fingerprint density at radius 1 is 1.48 bits per heavy atom. The molecule has 0 aliphatic heterocycles. The van der Waals surface area contributed by atoms with Crippen LogP contribution in [-0.4, -0.2) is 24.0 Å². The second kappa shape index (κ2) is 9.95. The van der Waals surface area contributed by atoms with Crippen LogP contribution in [0.2, 0.25) is 0 Å². The van der Waals surface area contributed by atoms with Gasteiger partial charge in [-0.15, -0.1) is 0 Å². The van der Waals surface area contributed by atoms with E-state index in [0.29, 0.717) is 23.6 Å². The summed E-state index contributed by atoms with van der Waals surface area (Å²) in [4.78, 5) is 16.3. The van der Waals surface area contributed by atoms with E-state index in [1.54, 1.807) is 18.5 Å². The number of amides is 1. The van der Waals surface area contributed by atoms with E-state index < -0.39 is 0 Å². The predicted molar refractivity (Wildman–Crippen MR) is 85.8 cm³/mol. The maximum Gasteiger partial charge on any atom is 0.252 e. The lowest BCUT2D eigenvalue weighted by Crippen LogP contribution is -2.29. The summed E-state index contributed by atoms with van der Waals surface area (Å²) in [6.45, 7) is 5.33. The van der Waals surface area contributed by atoms with Crippen molar-refractivity contribution in [3.8, 4) is 11.8 Å². The largest absolute Gasteiger partial charge is 0.352 e. The van der Waals surface area contributed by atoms with E-state index in [1.165, 1.54) is 12.8 Å². The van der Waals surface area contributed by atoms with E-state index >= 15 is 0 Å². The second-order valence-electron chi connectivity index (χ2n) is 5.05. The number of carbonyl (C=O) groups excluding carboxylic acids is 1. The lowest BCUT2D eigenvalue weighted by molar-refractivity contribution is 0.0945. The predicted octanol–water partition coefficient (Wildman–Crippen LogP) is 2.34. The van der Waals surface area contributed by atoms with Gasteiger partial charge >= 0.3 is 0 Å². The lowest BCUT2D eigenvalue weighted by Gasteiger charge is -2.15. The molecule has 1 aromatic heterocycles. The molecule has 1 rings (SSSR count). The van der Waals surface area contributed by atoms with Crippen molar-refractivity contribution in [2.24, 2.45) is 11.7 Å². The summed E-state index contributed by atoms with van der Waals surface area (Å²) in [6, 6.07) is 1.70. The van der Waals surface area contributed by atoms with E-state index in [4.69, 9.17) is 5.73 Å². The third-order valence-corrected chi connectivity index (χ3v) is 3.49. The number of pyridine rings is 1. The quantitative estimate of drug-likeness (QED) is 0.756. The lowest BCUT2D eigenvalue weighted by atomic mass is 9.99. The van der Waals surface area contributed by atoms with E-state index in [0.717, 1.165) is 12.8 Å². The molecular weight excluding hydrogens is 262 g/mol. The zero-order valence-electron chi connectivity index (χ0n) is 13.0. The summed E-state index contributed by atoms with van der Waals surface area (Å²) < 4.78 is 0. The summed E-state index contributed by atoms with van der Waals surface area (Å²) in [5.41, 5.74) is 6.56. The first kappa shape index (κ1) is 17.2. The van der Waals surface area contributed by atoms with Crippen LogP contribution in [0, 0.1) is 17.8 Å². The molecule has 0 aromatic carbocycles. The minimum atomic E-state index is -0.0892. The third-order valence-electron chi connectivity index (χ3n) is 3.49. The highest BCUT2D eigenvalue weighted by Gasteiger charge is 2.12. The fourth-order valence-electron chi connectivity index (χ4n) is 2.11. The molecule has 0 fully saturated rings.